The van der Waals surface area contributed by atoms with E-state index in [0.29, 0.717) is 12.3 Å². The minimum atomic E-state index is -0.367. The number of amides is 1. The molecule has 2 N–H and O–H groups in total. The maximum Gasteiger partial charge on any atom is 0.223 e. The van der Waals surface area contributed by atoms with Crippen molar-refractivity contribution in [2.75, 3.05) is 0 Å². The van der Waals surface area contributed by atoms with Crippen molar-refractivity contribution in [3.8, 4) is 6.07 Å². The van der Waals surface area contributed by atoms with Gasteiger partial charge >= 0.3 is 0 Å². The van der Waals surface area contributed by atoms with Crippen LogP contribution < -0.4 is 5.73 Å². The van der Waals surface area contributed by atoms with E-state index in [1.165, 1.54) is 0 Å². The molecule has 1 amide bonds. The minimum Gasteiger partial charge on any atom is -0.369 e. The van der Waals surface area contributed by atoms with E-state index in [-0.39, 0.29) is 12.3 Å². The monoisotopic (exact) mass is 247 g/mol. The Balaban J connectivity index is 2.03. The van der Waals surface area contributed by atoms with Crippen molar-refractivity contribution in [3.63, 3.8) is 0 Å². The van der Waals surface area contributed by atoms with Crippen molar-refractivity contribution in [2.45, 2.75) is 51.0 Å². The summed E-state index contributed by atoms with van der Waals surface area (Å²) >= 11 is 0. The van der Waals surface area contributed by atoms with Crippen molar-refractivity contribution in [2.24, 2.45) is 5.73 Å². The summed E-state index contributed by atoms with van der Waals surface area (Å²) in [6, 6.07) is 2.13. The molecule has 6 nitrogen and oxygen atoms in total. The summed E-state index contributed by atoms with van der Waals surface area (Å²) in [6.07, 6.45) is 4.79. The van der Waals surface area contributed by atoms with Crippen molar-refractivity contribution < 1.29 is 4.79 Å². The highest BCUT2D eigenvalue weighted by Gasteiger charge is 2.31. The molecule has 0 aliphatic heterocycles. The summed E-state index contributed by atoms with van der Waals surface area (Å²) in [6.45, 7) is 0.763. The normalized spacial score (nSPS) is 14.4. The highest BCUT2D eigenvalue weighted by Crippen LogP contribution is 2.41. The van der Waals surface area contributed by atoms with Gasteiger partial charge in [0.15, 0.2) is 0 Å². The first-order chi connectivity index (χ1) is 8.72. The highest BCUT2D eigenvalue weighted by molar-refractivity contribution is 5.76. The molecule has 0 atom stereocenters. The summed E-state index contributed by atoms with van der Waals surface area (Å²) in [5.41, 5.74) is 7.01. The van der Waals surface area contributed by atoms with Crippen molar-refractivity contribution in [1.82, 2.24) is 15.0 Å². The molecule has 0 bridgehead atoms. The molecule has 0 radical (unpaired) electrons. The first-order valence-electron chi connectivity index (χ1n) is 6.30. The molecular formula is C12H17N5O. The Morgan fingerprint density at radius 3 is 2.89 bits per heavy atom. The molecule has 1 fully saturated rings. The SMILES string of the molecule is N#CCCCCn1nnc(CC(N)=O)c1C1CC1. The van der Waals surface area contributed by atoms with Crippen LogP contribution >= 0.6 is 0 Å². The number of aryl methyl sites for hydroxylation is 1. The number of nitrogens with zero attached hydrogens (tertiary/aromatic N) is 4. The number of hydrogen-bond acceptors (Lipinski definition) is 4. The number of unbranched alkanes of at least 4 members (excludes halogenated alkanes) is 2. The number of primary amides is 1. The number of carbonyl (C=O) groups is 1. The van der Waals surface area contributed by atoms with E-state index in [2.05, 4.69) is 16.4 Å². The van der Waals surface area contributed by atoms with E-state index in [4.69, 9.17) is 11.0 Å². The van der Waals surface area contributed by atoms with Gasteiger partial charge in [0.05, 0.1) is 23.9 Å². The largest absolute Gasteiger partial charge is 0.369 e. The van der Waals surface area contributed by atoms with Crippen LogP contribution in [0.4, 0.5) is 0 Å². The second kappa shape index (κ2) is 5.63. The smallest absolute Gasteiger partial charge is 0.223 e. The Kier molecular flexibility index (Phi) is 3.92. The van der Waals surface area contributed by atoms with E-state index in [1.807, 2.05) is 4.68 Å². The standard InChI is InChI=1S/C12H17N5O/c13-6-2-1-3-7-17-12(9-4-5-9)10(15-16-17)8-11(14)18/h9H,1-5,7-8H2,(H2,14,18). The predicted octanol–water partition coefficient (Wildman–Crippen LogP) is 0.877. The maximum absolute atomic E-state index is 11.0. The van der Waals surface area contributed by atoms with Crippen LogP contribution in [0.2, 0.25) is 0 Å². The van der Waals surface area contributed by atoms with E-state index < -0.39 is 0 Å². The third kappa shape index (κ3) is 3.06. The fourth-order valence-corrected chi connectivity index (χ4v) is 2.08. The zero-order valence-electron chi connectivity index (χ0n) is 10.3. The average molecular weight is 247 g/mol. The summed E-state index contributed by atoms with van der Waals surface area (Å²) in [5, 5.41) is 16.7. The lowest BCUT2D eigenvalue weighted by molar-refractivity contribution is -0.117. The fraction of sp³-hybridized carbons (Fsp3) is 0.667. The summed E-state index contributed by atoms with van der Waals surface area (Å²) in [7, 11) is 0. The number of aromatic nitrogens is 3. The molecule has 2 rings (SSSR count). The van der Waals surface area contributed by atoms with Crippen LogP contribution in [0.3, 0.4) is 0 Å². The number of nitriles is 1. The Bertz CT molecular complexity index is 469. The van der Waals surface area contributed by atoms with Crippen LogP contribution in [0.1, 0.15) is 49.4 Å². The second-order valence-corrected chi connectivity index (χ2v) is 4.68. The Morgan fingerprint density at radius 1 is 1.50 bits per heavy atom. The van der Waals surface area contributed by atoms with Gasteiger partial charge in [0.1, 0.15) is 0 Å². The Morgan fingerprint density at radius 2 is 2.28 bits per heavy atom. The maximum atomic E-state index is 11.0. The second-order valence-electron chi connectivity index (χ2n) is 4.68. The summed E-state index contributed by atoms with van der Waals surface area (Å²) in [5.74, 6) is 0.124. The molecule has 1 aliphatic carbocycles. The lowest BCUT2D eigenvalue weighted by Crippen LogP contribution is -2.15. The molecule has 96 valence electrons. The summed E-state index contributed by atoms with van der Waals surface area (Å²) in [4.78, 5) is 11.0. The number of hydrogen-bond donors (Lipinski definition) is 1. The molecule has 18 heavy (non-hydrogen) atoms. The van der Waals surface area contributed by atoms with Crippen LogP contribution in [-0.2, 0) is 17.8 Å². The number of nitrogens with two attached hydrogens (primary N) is 1. The molecule has 1 aromatic rings. The lowest BCUT2D eigenvalue weighted by Gasteiger charge is -2.05. The molecule has 1 aliphatic rings. The van der Waals surface area contributed by atoms with Crippen molar-refractivity contribution in [1.29, 1.82) is 5.26 Å². The van der Waals surface area contributed by atoms with Gasteiger partial charge in [-0.2, -0.15) is 5.26 Å². The van der Waals surface area contributed by atoms with Crippen LogP contribution in [0.25, 0.3) is 0 Å². The molecular weight excluding hydrogens is 230 g/mol. The predicted molar refractivity (Wildman–Crippen MR) is 64.4 cm³/mol. The van der Waals surface area contributed by atoms with Gasteiger partial charge < -0.3 is 5.73 Å². The van der Waals surface area contributed by atoms with Gasteiger partial charge in [-0.15, -0.1) is 5.10 Å². The van der Waals surface area contributed by atoms with Gasteiger partial charge in [0, 0.05) is 18.9 Å². The first-order valence-corrected chi connectivity index (χ1v) is 6.30. The minimum absolute atomic E-state index is 0.171. The number of rotatable bonds is 7. The van der Waals surface area contributed by atoms with Crippen LogP contribution in [0, 0.1) is 11.3 Å². The van der Waals surface area contributed by atoms with Crippen molar-refractivity contribution in [3.05, 3.63) is 11.4 Å². The molecule has 0 unspecified atom stereocenters. The topological polar surface area (TPSA) is 97.6 Å². The van der Waals surface area contributed by atoms with E-state index in [1.54, 1.807) is 0 Å². The quantitative estimate of drug-likeness (QED) is 0.723. The molecule has 0 saturated heterocycles. The van der Waals surface area contributed by atoms with E-state index in [0.717, 1.165) is 43.6 Å². The van der Waals surface area contributed by atoms with Gasteiger partial charge in [-0.3, -0.25) is 4.79 Å². The van der Waals surface area contributed by atoms with Crippen molar-refractivity contribution >= 4 is 5.91 Å². The molecule has 6 heteroatoms. The Hall–Kier alpha value is -1.90. The molecule has 1 heterocycles. The molecule has 1 saturated carbocycles. The molecule has 0 spiro atoms. The van der Waals surface area contributed by atoms with Gasteiger partial charge in [0.2, 0.25) is 5.91 Å². The Labute approximate surface area is 106 Å². The van der Waals surface area contributed by atoms with Gasteiger partial charge in [0.25, 0.3) is 0 Å². The van der Waals surface area contributed by atoms with Crippen LogP contribution in [0.5, 0.6) is 0 Å². The third-order valence-electron chi connectivity index (χ3n) is 3.06. The number of carbonyl (C=O) groups excluding carboxylic acids is 1. The average Bonchev–Trinajstić information content (AvgIpc) is 3.08. The van der Waals surface area contributed by atoms with Gasteiger partial charge in [-0.25, -0.2) is 4.68 Å². The summed E-state index contributed by atoms with van der Waals surface area (Å²) < 4.78 is 1.88. The van der Waals surface area contributed by atoms with Gasteiger partial charge in [-0.05, 0) is 25.7 Å². The first kappa shape index (κ1) is 12.6. The van der Waals surface area contributed by atoms with E-state index >= 15 is 0 Å². The molecule has 0 aromatic carbocycles. The fourth-order valence-electron chi connectivity index (χ4n) is 2.08. The van der Waals surface area contributed by atoms with Crippen LogP contribution in [-0.4, -0.2) is 20.9 Å². The van der Waals surface area contributed by atoms with E-state index in [9.17, 15) is 4.79 Å². The molecule has 1 aromatic heterocycles. The van der Waals surface area contributed by atoms with Gasteiger partial charge in [-0.1, -0.05) is 5.21 Å². The highest BCUT2D eigenvalue weighted by atomic mass is 16.1. The third-order valence-corrected chi connectivity index (χ3v) is 3.06. The van der Waals surface area contributed by atoms with Crippen LogP contribution in [0.15, 0.2) is 0 Å². The zero-order chi connectivity index (χ0) is 13.0. The lowest BCUT2D eigenvalue weighted by atomic mass is 10.1. The zero-order valence-corrected chi connectivity index (χ0v) is 10.3.